The minimum Gasteiger partial charge on any atom is -0.316 e. The highest BCUT2D eigenvalue weighted by molar-refractivity contribution is 7.80. The average Bonchev–Trinajstić information content (AvgIpc) is 2.34. The fraction of sp³-hybridized carbons (Fsp3) is 0.571. The number of hydrogen-bond donors (Lipinski definition) is 2. The first kappa shape index (κ1) is 13.6. The summed E-state index contributed by atoms with van der Waals surface area (Å²) in [6.07, 6.45) is 2.32. The van der Waals surface area contributed by atoms with Gasteiger partial charge in [-0.25, -0.2) is 0 Å². The molecule has 0 saturated carbocycles. The molecule has 0 aliphatic heterocycles. The van der Waals surface area contributed by atoms with E-state index in [-0.39, 0.29) is 0 Å². The Morgan fingerprint density at radius 2 is 1.88 bits per heavy atom. The van der Waals surface area contributed by atoms with Gasteiger partial charge >= 0.3 is 0 Å². The van der Waals surface area contributed by atoms with E-state index in [1.54, 1.807) is 0 Å². The fourth-order valence-electron chi connectivity index (χ4n) is 1.69. The minimum absolute atomic E-state index is 0.677. The van der Waals surface area contributed by atoms with Gasteiger partial charge in [-0.2, -0.15) is 12.6 Å². The molecule has 1 atom stereocenters. The quantitative estimate of drug-likeness (QED) is 0.548. The highest BCUT2D eigenvalue weighted by Crippen LogP contribution is 2.18. The Hall–Kier alpha value is -0.470. The molecule has 1 N–H and O–H groups in total. The molecule has 2 heteroatoms. The van der Waals surface area contributed by atoms with Crippen molar-refractivity contribution in [1.82, 2.24) is 5.32 Å². The monoisotopic (exact) mass is 237 g/mol. The summed E-state index contributed by atoms with van der Waals surface area (Å²) in [5.74, 6) is 1.59. The summed E-state index contributed by atoms with van der Waals surface area (Å²) < 4.78 is 0. The molecular formula is C14H23NS. The number of thiol groups is 1. The molecule has 0 saturated heterocycles. The van der Waals surface area contributed by atoms with Gasteiger partial charge in [0, 0.05) is 12.3 Å². The van der Waals surface area contributed by atoms with Crippen LogP contribution in [0.4, 0.5) is 0 Å². The second-order valence-corrected chi connectivity index (χ2v) is 4.72. The summed E-state index contributed by atoms with van der Waals surface area (Å²) in [5, 5.41) is 3.36. The van der Waals surface area contributed by atoms with Crippen molar-refractivity contribution in [2.45, 2.75) is 32.6 Å². The van der Waals surface area contributed by atoms with E-state index in [9.17, 15) is 0 Å². The molecule has 0 aromatic heterocycles. The van der Waals surface area contributed by atoms with Gasteiger partial charge in [0.05, 0.1) is 0 Å². The average molecular weight is 237 g/mol. The van der Waals surface area contributed by atoms with E-state index in [2.05, 4.69) is 56.1 Å². The van der Waals surface area contributed by atoms with Crippen molar-refractivity contribution in [2.24, 2.45) is 0 Å². The van der Waals surface area contributed by atoms with Crippen molar-refractivity contribution in [3.63, 3.8) is 0 Å². The van der Waals surface area contributed by atoms with Crippen LogP contribution in [-0.4, -0.2) is 18.8 Å². The Morgan fingerprint density at radius 1 is 1.19 bits per heavy atom. The molecule has 1 rings (SSSR count). The molecule has 1 unspecified atom stereocenters. The van der Waals surface area contributed by atoms with E-state index in [0.29, 0.717) is 5.92 Å². The van der Waals surface area contributed by atoms with Crippen LogP contribution in [0.5, 0.6) is 0 Å². The minimum atomic E-state index is 0.677. The van der Waals surface area contributed by atoms with Crippen molar-refractivity contribution < 1.29 is 0 Å². The highest BCUT2D eigenvalue weighted by Gasteiger charge is 2.01. The molecule has 0 heterocycles. The SMILES string of the molecule is CCC(C)c1ccc(CCNCCS)cc1. The third-order valence-electron chi connectivity index (χ3n) is 3.04. The van der Waals surface area contributed by atoms with E-state index in [4.69, 9.17) is 0 Å². The van der Waals surface area contributed by atoms with E-state index in [0.717, 1.165) is 25.3 Å². The topological polar surface area (TPSA) is 12.0 Å². The van der Waals surface area contributed by atoms with Crippen LogP contribution >= 0.6 is 12.6 Å². The Balaban J connectivity index is 2.39. The van der Waals surface area contributed by atoms with Crippen molar-refractivity contribution in [3.8, 4) is 0 Å². The van der Waals surface area contributed by atoms with E-state index >= 15 is 0 Å². The van der Waals surface area contributed by atoms with E-state index in [1.165, 1.54) is 17.5 Å². The molecule has 1 aromatic rings. The van der Waals surface area contributed by atoms with Crippen LogP contribution in [0.15, 0.2) is 24.3 Å². The summed E-state index contributed by atoms with van der Waals surface area (Å²) in [7, 11) is 0. The van der Waals surface area contributed by atoms with Gasteiger partial charge in [-0.3, -0.25) is 0 Å². The van der Waals surface area contributed by atoms with Crippen molar-refractivity contribution in [3.05, 3.63) is 35.4 Å². The Bertz CT molecular complexity index is 281. The Kier molecular flexibility index (Phi) is 6.58. The summed E-state index contributed by atoms with van der Waals surface area (Å²) in [5.41, 5.74) is 2.87. The lowest BCUT2D eigenvalue weighted by molar-refractivity contribution is 0.718. The predicted octanol–water partition coefficient (Wildman–Crippen LogP) is 3.26. The van der Waals surface area contributed by atoms with Gasteiger partial charge < -0.3 is 5.32 Å². The van der Waals surface area contributed by atoms with Crippen LogP contribution in [0.25, 0.3) is 0 Å². The number of benzene rings is 1. The van der Waals surface area contributed by atoms with Gasteiger partial charge in [0.2, 0.25) is 0 Å². The Labute approximate surface area is 105 Å². The lowest BCUT2D eigenvalue weighted by Gasteiger charge is -2.10. The zero-order valence-electron chi connectivity index (χ0n) is 10.4. The molecule has 90 valence electrons. The number of hydrogen-bond acceptors (Lipinski definition) is 2. The predicted molar refractivity (Wildman–Crippen MR) is 75.6 cm³/mol. The van der Waals surface area contributed by atoms with Crippen molar-refractivity contribution >= 4 is 12.6 Å². The third-order valence-corrected chi connectivity index (χ3v) is 3.26. The first-order valence-electron chi connectivity index (χ1n) is 6.18. The molecular weight excluding hydrogens is 214 g/mol. The lowest BCUT2D eigenvalue weighted by atomic mass is 9.97. The number of nitrogens with one attached hydrogen (secondary N) is 1. The molecule has 0 bridgehead atoms. The van der Waals surface area contributed by atoms with Gasteiger partial charge in [-0.15, -0.1) is 0 Å². The first-order valence-corrected chi connectivity index (χ1v) is 6.81. The molecule has 0 spiro atoms. The molecule has 1 aromatic carbocycles. The molecule has 0 fully saturated rings. The lowest BCUT2D eigenvalue weighted by Crippen LogP contribution is -2.19. The molecule has 1 nitrogen and oxygen atoms in total. The van der Waals surface area contributed by atoms with Crippen LogP contribution in [0.3, 0.4) is 0 Å². The standard InChI is InChI=1S/C14H23NS/c1-3-12(2)14-6-4-13(5-7-14)8-9-15-10-11-16/h4-7,12,15-16H,3,8-11H2,1-2H3. The zero-order chi connectivity index (χ0) is 11.8. The first-order chi connectivity index (χ1) is 7.77. The van der Waals surface area contributed by atoms with Crippen LogP contribution in [-0.2, 0) is 6.42 Å². The summed E-state index contributed by atoms with van der Waals surface area (Å²) in [6.45, 7) is 6.56. The normalized spacial score (nSPS) is 12.7. The highest BCUT2D eigenvalue weighted by atomic mass is 32.1. The Morgan fingerprint density at radius 3 is 2.44 bits per heavy atom. The maximum absolute atomic E-state index is 4.16. The largest absolute Gasteiger partial charge is 0.316 e. The van der Waals surface area contributed by atoms with Crippen LogP contribution in [0, 0.1) is 0 Å². The van der Waals surface area contributed by atoms with E-state index < -0.39 is 0 Å². The second-order valence-electron chi connectivity index (χ2n) is 4.27. The van der Waals surface area contributed by atoms with Gasteiger partial charge in [0.15, 0.2) is 0 Å². The van der Waals surface area contributed by atoms with Gasteiger partial charge in [0.1, 0.15) is 0 Å². The summed E-state index contributed by atoms with van der Waals surface area (Å²) in [4.78, 5) is 0. The number of rotatable bonds is 7. The summed E-state index contributed by atoms with van der Waals surface area (Å²) >= 11 is 4.16. The van der Waals surface area contributed by atoms with E-state index in [1.807, 2.05) is 0 Å². The molecule has 16 heavy (non-hydrogen) atoms. The molecule has 0 aliphatic carbocycles. The molecule has 0 amide bonds. The maximum Gasteiger partial charge on any atom is 0.00398 e. The smallest absolute Gasteiger partial charge is 0.00398 e. The van der Waals surface area contributed by atoms with Gasteiger partial charge in [-0.1, -0.05) is 38.1 Å². The maximum atomic E-state index is 4.16. The molecule has 0 aliphatic rings. The van der Waals surface area contributed by atoms with Gasteiger partial charge in [-0.05, 0) is 36.4 Å². The summed E-state index contributed by atoms with van der Waals surface area (Å²) in [6, 6.07) is 9.04. The third kappa shape index (κ3) is 4.58. The van der Waals surface area contributed by atoms with Crippen molar-refractivity contribution in [2.75, 3.05) is 18.8 Å². The zero-order valence-corrected chi connectivity index (χ0v) is 11.3. The second kappa shape index (κ2) is 7.75. The van der Waals surface area contributed by atoms with Crippen LogP contribution < -0.4 is 5.32 Å². The van der Waals surface area contributed by atoms with Crippen LogP contribution in [0.2, 0.25) is 0 Å². The van der Waals surface area contributed by atoms with Crippen LogP contribution in [0.1, 0.15) is 37.3 Å². The molecule has 0 radical (unpaired) electrons. The fourth-order valence-corrected chi connectivity index (χ4v) is 1.84. The van der Waals surface area contributed by atoms with Gasteiger partial charge in [0.25, 0.3) is 0 Å². The van der Waals surface area contributed by atoms with Crippen molar-refractivity contribution in [1.29, 1.82) is 0 Å².